The highest BCUT2D eigenvalue weighted by Crippen LogP contribution is 2.18. The van der Waals surface area contributed by atoms with Crippen molar-refractivity contribution in [3.8, 4) is 11.5 Å². The predicted octanol–water partition coefficient (Wildman–Crippen LogP) is 11.7. The fraction of sp³-hybridized carbons (Fsp3) is 0.472. The summed E-state index contributed by atoms with van der Waals surface area (Å²) >= 11 is 0. The number of ether oxygens (including phenoxy) is 2. The Bertz CT molecular complexity index is 1800. The molecule has 0 spiro atoms. The molecule has 0 atom stereocenters. The highest BCUT2D eigenvalue weighted by molar-refractivity contribution is 5.99. The third-order valence-electron chi connectivity index (χ3n) is 10.4. The summed E-state index contributed by atoms with van der Waals surface area (Å²) in [6.45, 7) is 8.69. The van der Waals surface area contributed by atoms with Crippen LogP contribution in [0.15, 0.2) is 97.1 Å². The van der Waals surface area contributed by atoms with Crippen LogP contribution in [0.4, 0.5) is 0 Å². The Morgan fingerprint density at radius 1 is 0.532 bits per heavy atom. The van der Waals surface area contributed by atoms with Crippen LogP contribution in [0.5, 0.6) is 11.5 Å². The summed E-state index contributed by atoms with van der Waals surface area (Å²) in [5.74, 6) is -0.284. The number of likely N-dealkylation sites (N-methyl/N-ethyl adjacent to an activating group) is 1. The number of carbonyl (C=O) groups excluding carboxylic acids is 4. The van der Waals surface area contributed by atoms with Gasteiger partial charge in [-0.3, -0.25) is 24.1 Å². The van der Waals surface area contributed by atoms with E-state index >= 15 is 0 Å². The van der Waals surface area contributed by atoms with E-state index < -0.39 is 0 Å². The maximum atomic E-state index is 12.3. The lowest BCUT2D eigenvalue weighted by molar-refractivity contribution is 0.0943. The van der Waals surface area contributed by atoms with Gasteiger partial charge in [0, 0.05) is 44.0 Å². The van der Waals surface area contributed by atoms with Gasteiger partial charge in [0.25, 0.3) is 0 Å². The van der Waals surface area contributed by atoms with Gasteiger partial charge in [0.15, 0.2) is 24.1 Å². The molecule has 9 nitrogen and oxygen atoms in total. The van der Waals surface area contributed by atoms with Crippen LogP contribution < -0.4 is 0 Å². The molecular formula is C53H73NO8. The van der Waals surface area contributed by atoms with Gasteiger partial charge in [0.2, 0.25) is 0 Å². The maximum Gasteiger partial charge on any atom is 0.176 e. The summed E-state index contributed by atoms with van der Waals surface area (Å²) in [5, 5.41) is 18.7. The lowest BCUT2D eigenvalue weighted by Gasteiger charge is -2.15. The average Bonchev–Trinajstić information content (AvgIpc) is 3.30. The van der Waals surface area contributed by atoms with E-state index in [0.717, 1.165) is 77.9 Å². The number of aldehydes is 2. The highest BCUT2D eigenvalue weighted by atomic mass is 16.5. The van der Waals surface area contributed by atoms with E-state index in [1.54, 1.807) is 13.0 Å². The summed E-state index contributed by atoms with van der Waals surface area (Å²) < 4.78 is 11.4. The number of phenols is 2. The quantitative estimate of drug-likeness (QED) is 0.0299. The van der Waals surface area contributed by atoms with Crippen LogP contribution in [-0.4, -0.2) is 85.8 Å². The Morgan fingerprint density at radius 2 is 0.952 bits per heavy atom. The molecule has 0 saturated heterocycles. The van der Waals surface area contributed by atoms with Crippen molar-refractivity contribution >= 4 is 24.1 Å². The molecular weight excluding hydrogens is 779 g/mol. The van der Waals surface area contributed by atoms with Gasteiger partial charge in [-0.1, -0.05) is 113 Å². The van der Waals surface area contributed by atoms with Gasteiger partial charge in [0.05, 0.1) is 17.7 Å². The minimum Gasteiger partial charge on any atom is -0.507 e. The predicted molar refractivity (Wildman–Crippen MR) is 251 cm³/mol. The molecule has 4 aromatic carbocycles. The van der Waals surface area contributed by atoms with Crippen LogP contribution in [0, 0.1) is 0 Å². The van der Waals surface area contributed by atoms with E-state index in [4.69, 9.17) is 14.6 Å². The molecule has 0 radical (unpaired) electrons. The van der Waals surface area contributed by atoms with E-state index in [1.807, 2.05) is 18.0 Å². The number of nitrogens with zero attached hydrogens (tertiary/aromatic N) is 1. The SMILES string of the molecule is CCC(=O)c1ccc(O)c(C=O)c1.CCCCCCCOCCCCc1ccccc1.CN(CCCCCCOCCCCc1ccccc1)CC(=O)c1ccc(O)c(C=O)c1. The standard InChI is InChI=1S/C26H35NO4.C17H28O.C10H10O3/c1-27(20-26(30)23-14-15-25(29)24(19-23)21-28)16-8-2-3-9-17-31-18-10-7-13-22-11-5-4-6-12-22;1-2-3-4-5-10-15-18-16-11-9-14-17-12-7-6-8-13-17;1-2-9(12)7-3-4-10(13)8(5-7)6-11/h4-6,11-12,14-15,19,21,29H,2-3,7-10,13,16-18,20H2,1H3;6-8,12-13H,2-5,9-11,14-16H2,1H3;3-6,13H,2H2,1H3. The third kappa shape index (κ3) is 24.5. The van der Waals surface area contributed by atoms with Crippen molar-refractivity contribution in [3.63, 3.8) is 0 Å². The molecule has 0 amide bonds. The minimum atomic E-state index is -0.101. The fourth-order valence-electron chi connectivity index (χ4n) is 6.57. The number of benzene rings is 4. The second-order valence-electron chi connectivity index (χ2n) is 15.7. The lowest BCUT2D eigenvalue weighted by Crippen LogP contribution is -2.27. The van der Waals surface area contributed by atoms with E-state index in [1.165, 1.54) is 92.8 Å². The monoisotopic (exact) mass is 852 g/mol. The molecule has 0 aromatic heterocycles. The second kappa shape index (κ2) is 34.6. The van der Waals surface area contributed by atoms with Crippen LogP contribution in [-0.2, 0) is 22.3 Å². The largest absolute Gasteiger partial charge is 0.507 e. The summed E-state index contributed by atoms with van der Waals surface area (Å²) in [6.07, 6.45) is 19.4. The molecule has 2 N–H and O–H groups in total. The Balaban J connectivity index is 0.000000358. The van der Waals surface area contributed by atoms with Gasteiger partial charge >= 0.3 is 0 Å². The second-order valence-corrected chi connectivity index (χ2v) is 15.7. The van der Waals surface area contributed by atoms with Gasteiger partial charge < -0.3 is 19.7 Å². The van der Waals surface area contributed by atoms with Gasteiger partial charge in [0.1, 0.15) is 11.5 Å². The number of aromatic hydroxyl groups is 2. The molecule has 62 heavy (non-hydrogen) atoms. The normalized spacial score (nSPS) is 10.6. The summed E-state index contributed by atoms with van der Waals surface area (Å²) in [6, 6.07) is 29.9. The molecule has 4 aromatic rings. The summed E-state index contributed by atoms with van der Waals surface area (Å²) in [5.41, 5.74) is 4.04. The van der Waals surface area contributed by atoms with E-state index in [0.29, 0.717) is 36.7 Å². The van der Waals surface area contributed by atoms with Crippen LogP contribution in [0.25, 0.3) is 0 Å². The Hall–Kier alpha value is -4.96. The number of Topliss-reactive ketones (excluding diaryl/α,β-unsaturated/α-hetero) is 2. The first-order valence-corrected chi connectivity index (χ1v) is 22.8. The van der Waals surface area contributed by atoms with E-state index in [-0.39, 0.29) is 34.2 Å². The Labute approximate surface area is 371 Å². The van der Waals surface area contributed by atoms with E-state index in [9.17, 15) is 24.3 Å². The van der Waals surface area contributed by atoms with Crippen molar-refractivity contribution in [2.24, 2.45) is 0 Å². The number of hydrogen-bond donors (Lipinski definition) is 2. The van der Waals surface area contributed by atoms with Crippen molar-refractivity contribution in [3.05, 3.63) is 130 Å². The van der Waals surface area contributed by atoms with Gasteiger partial charge in [-0.25, -0.2) is 0 Å². The molecule has 338 valence electrons. The van der Waals surface area contributed by atoms with E-state index in [2.05, 4.69) is 61.5 Å². The topological polar surface area (TPSA) is 130 Å². The molecule has 0 aliphatic carbocycles. The van der Waals surface area contributed by atoms with Gasteiger partial charge in [-0.2, -0.15) is 0 Å². The number of ketones is 2. The molecule has 0 heterocycles. The lowest BCUT2D eigenvalue weighted by atomic mass is 10.1. The van der Waals surface area contributed by atoms with Crippen LogP contribution >= 0.6 is 0 Å². The Morgan fingerprint density at radius 3 is 1.39 bits per heavy atom. The van der Waals surface area contributed by atoms with Crippen molar-refractivity contribution in [1.29, 1.82) is 0 Å². The summed E-state index contributed by atoms with van der Waals surface area (Å²) in [4.78, 5) is 46.9. The zero-order chi connectivity index (χ0) is 45.0. The number of rotatable bonds is 30. The van der Waals surface area contributed by atoms with Crippen LogP contribution in [0.3, 0.4) is 0 Å². The Kier molecular flexibility index (Phi) is 29.7. The summed E-state index contributed by atoms with van der Waals surface area (Å²) in [7, 11) is 1.93. The minimum absolute atomic E-state index is 0.0388. The number of hydrogen-bond acceptors (Lipinski definition) is 9. The molecule has 0 unspecified atom stereocenters. The van der Waals surface area contributed by atoms with Gasteiger partial charge in [-0.15, -0.1) is 0 Å². The van der Waals surface area contributed by atoms with Crippen molar-refractivity contribution in [2.45, 2.75) is 117 Å². The third-order valence-corrected chi connectivity index (χ3v) is 10.4. The molecule has 0 aliphatic rings. The average molecular weight is 852 g/mol. The zero-order valence-electron chi connectivity index (χ0n) is 37.7. The molecule has 0 fully saturated rings. The molecule has 4 rings (SSSR count). The molecule has 0 saturated carbocycles. The fourth-order valence-corrected chi connectivity index (χ4v) is 6.57. The van der Waals surface area contributed by atoms with Crippen molar-refractivity contribution in [1.82, 2.24) is 4.90 Å². The first kappa shape index (κ1) is 53.2. The first-order chi connectivity index (χ1) is 30.2. The van der Waals surface area contributed by atoms with Crippen LogP contribution in [0.1, 0.15) is 156 Å². The molecule has 0 bridgehead atoms. The number of unbranched alkanes of at least 4 members (excludes halogenated alkanes) is 9. The molecule has 9 heteroatoms. The smallest absolute Gasteiger partial charge is 0.176 e. The van der Waals surface area contributed by atoms with Crippen molar-refractivity contribution in [2.75, 3.05) is 46.6 Å². The number of phenolic OH excluding ortho intramolecular Hbond substituents is 2. The number of aryl methyl sites for hydroxylation is 2. The van der Waals surface area contributed by atoms with Crippen LogP contribution in [0.2, 0.25) is 0 Å². The number of carbonyl (C=O) groups is 4. The molecule has 0 aliphatic heterocycles. The zero-order valence-corrected chi connectivity index (χ0v) is 37.7. The maximum absolute atomic E-state index is 12.3. The first-order valence-electron chi connectivity index (χ1n) is 22.8. The van der Waals surface area contributed by atoms with Crippen molar-refractivity contribution < 1.29 is 38.9 Å². The highest BCUT2D eigenvalue weighted by Gasteiger charge is 2.12. The van der Waals surface area contributed by atoms with Gasteiger partial charge in [-0.05, 0) is 119 Å².